The van der Waals surface area contributed by atoms with Gasteiger partial charge in [-0.1, -0.05) is 38.2 Å². The zero-order valence-electron chi connectivity index (χ0n) is 7.46. The maximum Gasteiger partial charge on any atom is 0.00804 e. The van der Waals surface area contributed by atoms with E-state index < -0.39 is 0 Å². The van der Waals surface area contributed by atoms with Crippen LogP contribution in [0.4, 0.5) is 0 Å². The monoisotopic (exact) mass is 151 g/mol. The molecule has 62 valence electrons. The second kappa shape index (κ2) is 4.35. The highest BCUT2D eigenvalue weighted by Crippen LogP contribution is 2.10. The topological polar surface area (TPSA) is 3.24 Å². The van der Waals surface area contributed by atoms with Crippen LogP contribution in [0.2, 0.25) is 0 Å². The molecule has 0 radical (unpaired) electrons. The van der Waals surface area contributed by atoms with Crippen molar-refractivity contribution in [3.05, 3.63) is 24.3 Å². The summed E-state index contributed by atoms with van der Waals surface area (Å²) in [5.74, 6) is 0.662. The highest BCUT2D eigenvalue weighted by molar-refractivity contribution is 5.17. The zero-order valence-corrected chi connectivity index (χ0v) is 7.46. The molecule has 0 aromatic heterocycles. The van der Waals surface area contributed by atoms with Crippen molar-refractivity contribution >= 4 is 0 Å². The number of hydrogen-bond donors (Lipinski definition) is 0. The molecule has 1 heteroatoms. The third-order valence-electron chi connectivity index (χ3n) is 2.19. The Morgan fingerprint density at radius 1 is 1.09 bits per heavy atom. The van der Waals surface area contributed by atoms with Crippen molar-refractivity contribution in [1.82, 2.24) is 4.90 Å². The molecule has 0 aliphatic heterocycles. The third kappa shape index (κ3) is 2.51. The molecule has 0 spiro atoms. The second-order valence-corrected chi connectivity index (χ2v) is 2.92. The summed E-state index contributed by atoms with van der Waals surface area (Å²) >= 11 is 0. The summed E-state index contributed by atoms with van der Waals surface area (Å²) in [5.41, 5.74) is 0. The lowest BCUT2D eigenvalue weighted by atomic mass is 10.1. The Bertz CT molecular complexity index is 142. The van der Waals surface area contributed by atoms with Gasteiger partial charge in [-0.3, -0.25) is 0 Å². The summed E-state index contributed by atoms with van der Waals surface area (Å²) in [7, 11) is 0. The molecule has 0 unspecified atom stereocenters. The standard InChI is InChI=1S/C10H17N/c1-3-11(4-2)9-10-7-5-6-8-10/h5-8,10H,3-4,9H2,1-2H3. The van der Waals surface area contributed by atoms with E-state index in [1.807, 2.05) is 0 Å². The van der Waals surface area contributed by atoms with Gasteiger partial charge in [-0.25, -0.2) is 0 Å². The Labute approximate surface area is 69.4 Å². The van der Waals surface area contributed by atoms with Gasteiger partial charge in [-0.2, -0.15) is 0 Å². The predicted octanol–water partition coefficient (Wildman–Crippen LogP) is 2.07. The molecule has 0 atom stereocenters. The molecule has 0 N–H and O–H groups in total. The molecule has 1 rings (SSSR count). The van der Waals surface area contributed by atoms with Crippen molar-refractivity contribution in [2.45, 2.75) is 13.8 Å². The number of nitrogens with zero attached hydrogens (tertiary/aromatic N) is 1. The molecule has 0 saturated carbocycles. The summed E-state index contributed by atoms with van der Waals surface area (Å²) < 4.78 is 0. The average Bonchev–Trinajstić information content (AvgIpc) is 2.52. The number of allylic oxidation sites excluding steroid dienone is 2. The smallest absolute Gasteiger partial charge is 0.00804 e. The first-order valence-electron chi connectivity index (χ1n) is 4.44. The van der Waals surface area contributed by atoms with Gasteiger partial charge >= 0.3 is 0 Å². The predicted molar refractivity (Wildman–Crippen MR) is 49.6 cm³/mol. The average molecular weight is 151 g/mol. The minimum atomic E-state index is 0.662. The first kappa shape index (κ1) is 8.54. The van der Waals surface area contributed by atoms with Crippen molar-refractivity contribution in [2.75, 3.05) is 19.6 Å². The lowest BCUT2D eigenvalue weighted by molar-refractivity contribution is 0.290. The maximum atomic E-state index is 2.45. The van der Waals surface area contributed by atoms with Crippen LogP contribution >= 0.6 is 0 Å². The summed E-state index contributed by atoms with van der Waals surface area (Å²) in [6, 6.07) is 0. The van der Waals surface area contributed by atoms with Crippen LogP contribution in [-0.4, -0.2) is 24.5 Å². The van der Waals surface area contributed by atoms with Crippen LogP contribution < -0.4 is 0 Å². The van der Waals surface area contributed by atoms with E-state index in [1.165, 1.54) is 6.54 Å². The normalized spacial score (nSPS) is 17.0. The second-order valence-electron chi connectivity index (χ2n) is 2.92. The van der Waals surface area contributed by atoms with E-state index in [1.54, 1.807) is 0 Å². The van der Waals surface area contributed by atoms with Gasteiger partial charge in [0.15, 0.2) is 0 Å². The lowest BCUT2D eigenvalue weighted by Crippen LogP contribution is -2.27. The van der Waals surface area contributed by atoms with E-state index in [0.717, 1.165) is 13.1 Å². The van der Waals surface area contributed by atoms with Gasteiger partial charge < -0.3 is 4.90 Å². The summed E-state index contributed by atoms with van der Waals surface area (Å²) in [6.07, 6.45) is 8.79. The number of hydrogen-bond acceptors (Lipinski definition) is 1. The molecular formula is C10H17N. The van der Waals surface area contributed by atoms with Gasteiger partial charge in [0.1, 0.15) is 0 Å². The van der Waals surface area contributed by atoms with Crippen molar-refractivity contribution in [2.24, 2.45) is 5.92 Å². The largest absolute Gasteiger partial charge is 0.303 e. The molecule has 1 aliphatic rings. The molecule has 0 saturated heterocycles. The van der Waals surface area contributed by atoms with E-state index in [0.29, 0.717) is 5.92 Å². The minimum Gasteiger partial charge on any atom is -0.303 e. The number of rotatable bonds is 4. The van der Waals surface area contributed by atoms with Gasteiger partial charge in [0.25, 0.3) is 0 Å². The Hall–Kier alpha value is -0.560. The summed E-state index contributed by atoms with van der Waals surface area (Å²) in [6.45, 7) is 7.93. The molecule has 1 nitrogen and oxygen atoms in total. The fourth-order valence-corrected chi connectivity index (χ4v) is 1.38. The maximum absolute atomic E-state index is 2.45. The van der Waals surface area contributed by atoms with Crippen LogP contribution in [0.15, 0.2) is 24.3 Å². The molecule has 0 amide bonds. The molecule has 1 aliphatic carbocycles. The fraction of sp³-hybridized carbons (Fsp3) is 0.600. The molecule has 0 heterocycles. The molecule has 11 heavy (non-hydrogen) atoms. The Morgan fingerprint density at radius 3 is 2.09 bits per heavy atom. The lowest BCUT2D eigenvalue weighted by Gasteiger charge is -2.20. The first-order valence-corrected chi connectivity index (χ1v) is 4.44. The fourth-order valence-electron chi connectivity index (χ4n) is 1.38. The van der Waals surface area contributed by atoms with E-state index >= 15 is 0 Å². The molecular weight excluding hydrogens is 134 g/mol. The highest BCUT2D eigenvalue weighted by Gasteiger charge is 2.07. The van der Waals surface area contributed by atoms with Crippen molar-refractivity contribution in [1.29, 1.82) is 0 Å². The van der Waals surface area contributed by atoms with Crippen LogP contribution in [0.1, 0.15) is 13.8 Å². The van der Waals surface area contributed by atoms with Gasteiger partial charge in [-0.05, 0) is 13.1 Å². The van der Waals surface area contributed by atoms with E-state index in [4.69, 9.17) is 0 Å². The molecule has 0 aromatic rings. The van der Waals surface area contributed by atoms with Gasteiger partial charge in [0.05, 0.1) is 0 Å². The molecule has 0 fully saturated rings. The van der Waals surface area contributed by atoms with Crippen LogP contribution in [0.25, 0.3) is 0 Å². The summed E-state index contributed by atoms with van der Waals surface area (Å²) in [5, 5.41) is 0. The first-order chi connectivity index (χ1) is 5.36. The van der Waals surface area contributed by atoms with Crippen LogP contribution in [0, 0.1) is 5.92 Å². The SMILES string of the molecule is CCN(CC)CC1C=CC=C1. The zero-order chi connectivity index (χ0) is 8.10. The Morgan fingerprint density at radius 2 is 1.64 bits per heavy atom. The third-order valence-corrected chi connectivity index (χ3v) is 2.19. The quantitative estimate of drug-likeness (QED) is 0.594. The van der Waals surface area contributed by atoms with Crippen molar-refractivity contribution in [3.63, 3.8) is 0 Å². The summed E-state index contributed by atoms with van der Waals surface area (Å²) in [4.78, 5) is 2.45. The van der Waals surface area contributed by atoms with Crippen molar-refractivity contribution < 1.29 is 0 Å². The van der Waals surface area contributed by atoms with E-state index in [-0.39, 0.29) is 0 Å². The van der Waals surface area contributed by atoms with Crippen LogP contribution in [0.5, 0.6) is 0 Å². The molecule has 0 bridgehead atoms. The van der Waals surface area contributed by atoms with Crippen LogP contribution in [0.3, 0.4) is 0 Å². The van der Waals surface area contributed by atoms with Gasteiger partial charge in [0.2, 0.25) is 0 Å². The van der Waals surface area contributed by atoms with Crippen molar-refractivity contribution in [3.8, 4) is 0 Å². The highest BCUT2D eigenvalue weighted by atomic mass is 15.1. The molecule has 0 aromatic carbocycles. The van der Waals surface area contributed by atoms with E-state index in [9.17, 15) is 0 Å². The minimum absolute atomic E-state index is 0.662. The van der Waals surface area contributed by atoms with E-state index in [2.05, 4.69) is 43.1 Å². The Balaban J connectivity index is 2.28. The Kier molecular flexibility index (Phi) is 3.37. The van der Waals surface area contributed by atoms with Gasteiger partial charge in [-0.15, -0.1) is 0 Å². The van der Waals surface area contributed by atoms with Crippen LogP contribution in [-0.2, 0) is 0 Å². The van der Waals surface area contributed by atoms with Gasteiger partial charge in [0, 0.05) is 12.5 Å².